The Labute approximate surface area is 101 Å². The van der Waals surface area contributed by atoms with Crippen LogP contribution in [0.2, 0.25) is 0 Å². The molecule has 0 aliphatic carbocycles. The molecule has 1 nitrogen and oxygen atoms in total. The van der Waals surface area contributed by atoms with Gasteiger partial charge in [-0.25, -0.2) is 0 Å². The molecule has 0 bridgehead atoms. The van der Waals surface area contributed by atoms with Crippen molar-refractivity contribution in [2.45, 2.75) is 9.54 Å². The lowest BCUT2D eigenvalue weighted by Crippen LogP contribution is -1.82. The first-order chi connectivity index (χ1) is 6.76. The predicted molar refractivity (Wildman–Crippen MR) is 68.3 cm³/mol. The zero-order chi connectivity index (χ0) is 10.1. The van der Waals surface area contributed by atoms with Gasteiger partial charge in [0.2, 0.25) is 0 Å². The fourth-order valence-corrected chi connectivity index (χ4v) is 3.14. The van der Waals surface area contributed by atoms with Crippen LogP contribution in [0, 0.1) is 0 Å². The third kappa shape index (κ3) is 1.66. The fraction of sp³-hybridized carbons (Fsp3) is 0.200. The molecular weight excluding hydrogens is 280 g/mol. The van der Waals surface area contributed by atoms with E-state index in [4.69, 9.17) is 4.74 Å². The topological polar surface area (TPSA) is 9.23 Å². The van der Waals surface area contributed by atoms with Crippen LogP contribution in [0.4, 0.5) is 0 Å². The molecule has 0 spiro atoms. The second-order valence-corrected chi connectivity index (χ2v) is 5.27. The summed E-state index contributed by atoms with van der Waals surface area (Å²) in [4.78, 5) is 0. The van der Waals surface area contributed by atoms with Gasteiger partial charge in [0.05, 0.1) is 7.11 Å². The first-order valence-electron chi connectivity index (χ1n) is 4.10. The van der Waals surface area contributed by atoms with Crippen LogP contribution in [0.1, 0.15) is 5.56 Å². The molecule has 0 saturated carbocycles. The van der Waals surface area contributed by atoms with Crippen molar-refractivity contribution in [2.24, 2.45) is 0 Å². The summed E-state index contributed by atoms with van der Waals surface area (Å²) >= 11 is 9.47. The molecule has 0 atom stereocenters. The van der Waals surface area contributed by atoms with Crippen molar-refractivity contribution in [1.82, 2.24) is 0 Å². The van der Waals surface area contributed by atoms with Gasteiger partial charge in [-0.1, -0.05) is 22.0 Å². The Kier molecular flexibility index (Phi) is 3.04. The highest BCUT2D eigenvalue weighted by Crippen LogP contribution is 2.40. The number of methoxy groups -OCH3 is 1. The SMILES string of the molecule is COc1c(S)sc2ccc(CBr)cc12. The minimum Gasteiger partial charge on any atom is -0.494 e. The molecule has 0 radical (unpaired) electrons. The van der Waals surface area contributed by atoms with Crippen molar-refractivity contribution in [3.8, 4) is 5.75 Å². The Morgan fingerprint density at radius 1 is 1.50 bits per heavy atom. The summed E-state index contributed by atoms with van der Waals surface area (Å²) in [5.41, 5.74) is 1.25. The Balaban J connectivity index is 2.71. The van der Waals surface area contributed by atoms with Gasteiger partial charge in [0.25, 0.3) is 0 Å². The molecule has 0 fully saturated rings. The van der Waals surface area contributed by atoms with Crippen molar-refractivity contribution in [1.29, 1.82) is 0 Å². The number of alkyl halides is 1. The van der Waals surface area contributed by atoms with Crippen molar-refractivity contribution >= 4 is 50.0 Å². The predicted octanol–water partition coefficient (Wildman–Crippen LogP) is 4.09. The number of fused-ring (bicyclic) bond motifs is 1. The lowest BCUT2D eigenvalue weighted by atomic mass is 10.2. The number of hydrogen-bond acceptors (Lipinski definition) is 3. The first kappa shape index (κ1) is 10.3. The molecule has 1 aromatic heterocycles. The molecule has 0 amide bonds. The summed E-state index contributed by atoms with van der Waals surface area (Å²) in [5, 5.41) is 2.02. The van der Waals surface area contributed by atoms with Gasteiger partial charge in [0.1, 0.15) is 4.21 Å². The smallest absolute Gasteiger partial charge is 0.150 e. The summed E-state index contributed by atoms with van der Waals surface area (Å²) in [6.07, 6.45) is 0. The summed E-state index contributed by atoms with van der Waals surface area (Å²) in [6.45, 7) is 0. The molecule has 4 heteroatoms. The standard InChI is InChI=1S/C10H9BrOS2/c1-12-9-7-4-6(5-11)2-3-8(7)14-10(9)13/h2-4,13H,5H2,1H3. The van der Waals surface area contributed by atoms with Gasteiger partial charge in [-0.05, 0) is 17.7 Å². The van der Waals surface area contributed by atoms with E-state index < -0.39 is 0 Å². The van der Waals surface area contributed by atoms with Gasteiger partial charge in [0, 0.05) is 15.4 Å². The van der Waals surface area contributed by atoms with Crippen molar-refractivity contribution < 1.29 is 4.74 Å². The lowest BCUT2D eigenvalue weighted by molar-refractivity contribution is 0.413. The number of hydrogen-bond donors (Lipinski definition) is 1. The first-order valence-corrected chi connectivity index (χ1v) is 6.49. The van der Waals surface area contributed by atoms with Crippen molar-refractivity contribution in [2.75, 3.05) is 7.11 Å². The highest BCUT2D eigenvalue weighted by atomic mass is 79.9. The van der Waals surface area contributed by atoms with Crippen molar-refractivity contribution in [3.05, 3.63) is 23.8 Å². The van der Waals surface area contributed by atoms with Crippen LogP contribution in [0.25, 0.3) is 10.1 Å². The van der Waals surface area contributed by atoms with Crippen LogP contribution >= 0.6 is 39.9 Å². The Hall–Kier alpha value is -0.190. The van der Waals surface area contributed by atoms with Gasteiger partial charge in [0.15, 0.2) is 5.75 Å². The van der Waals surface area contributed by atoms with E-state index in [1.165, 1.54) is 10.3 Å². The van der Waals surface area contributed by atoms with E-state index in [1.54, 1.807) is 18.4 Å². The van der Waals surface area contributed by atoms with Crippen molar-refractivity contribution in [3.63, 3.8) is 0 Å². The summed E-state index contributed by atoms with van der Waals surface area (Å²) in [5.74, 6) is 0.885. The average molecular weight is 289 g/mol. The molecule has 0 aliphatic heterocycles. The van der Waals surface area contributed by atoms with Crippen LogP contribution in [0.5, 0.6) is 5.75 Å². The van der Waals surface area contributed by atoms with E-state index in [9.17, 15) is 0 Å². The minimum atomic E-state index is 0.865. The number of thiol groups is 1. The Morgan fingerprint density at radius 2 is 2.29 bits per heavy atom. The van der Waals surface area contributed by atoms with Gasteiger partial charge < -0.3 is 4.74 Å². The normalized spacial score (nSPS) is 10.8. The third-order valence-electron chi connectivity index (χ3n) is 2.05. The second-order valence-electron chi connectivity index (χ2n) is 2.90. The van der Waals surface area contributed by atoms with E-state index in [0.717, 1.165) is 20.7 Å². The molecule has 0 unspecified atom stereocenters. The van der Waals surface area contributed by atoms with Crippen LogP contribution < -0.4 is 4.74 Å². The molecule has 74 valence electrons. The maximum absolute atomic E-state index is 5.32. The Morgan fingerprint density at radius 3 is 2.93 bits per heavy atom. The maximum atomic E-state index is 5.32. The quantitative estimate of drug-likeness (QED) is 0.647. The number of rotatable bonds is 2. The van der Waals surface area contributed by atoms with E-state index in [2.05, 4.69) is 46.8 Å². The van der Waals surface area contributed by atoms with E-state index in [1.807, 2.05) is 0 Å². The van der Waals surface area contributed by atoms with Gasteiger partial charge in [-0.3, -0.25) is 0 Å². The van der Waals surface area contributed by atoms with Crippen LogP contribution in [0.3, 0.4) is 0 Å². The van der Waals surface area contributed by atoms with E-state index in [0.29, 0.717) is 0 Å². The largest absolute Gasteiger partial charge is 0.494 e. The summed E-state index contributed by atoms with van der Waals surface area (Å²) in [6, 6.07) is 6.36. The highest BCUT2D eigenvalue weighted by Gasteiger charge is 2.09. The number of benzene rings is 1. The molecule has 1 heterocycles. The Bertz CT molecular complexity index is 464. The van der Waals surface area contributed by atoms with Crippen LogP contribution in [0.15, 0.2) is 22.4 Å². The molecule has 0 saturated heterocycles. The second kappa shape index (κ2) is 4.13. The van der Waals surface area contributed by atoms with Gasteiger partial charge >= 0.3 is 0 Å². The summed E-state index contributed by atoms with van der Waals surface area (Å²) in [7, 11) is 1.68. The van der Waals surface area contributed by atoms with E-state index in [-0.39, 0.29) is 0 Å². The number of thiophene rings is 1. The molecule has 0 N–H and O–H groups in total. The van der Waals surface area contributed by atoms with E-state index >= 15 is 0 Å². The average Bonchev–Trinajstić information content (AvgIpc) is 2.52. The molecule has 2 aromatic rings. The van der Waals surface area contributed by atoms with Crippen LogP contribution in [-0.4, -0.2) is 7.11 Å². The fourth-order valence-electron chi connectivity index (χ4n) is 1.39. The number of ether oxygens (including phenoxy) is 1. The summed E-state index contributed by atoms with van der Waals surface area (Å²) < 4.78 is 7.47. The zero-order valence-corrected chi connectivity index (χ0v) is 10.9. The number of halogens is 1. The monoisotopic (exact) mass is 288 g/mol. The molecule has 2 rings (SSSR count). The maximum Gasteiger partial charge on any atom is 0.150 e. The van der Waals surface area contributed by atoms with Gasteiger partial charge in [-0.15, -0.1) is 24.0 Å². The lowest BCUT2D eigenvalue weighted by Gasteiger charge is -1.99. The molecule has 0 aliphatic rings. The van der Waals surface area contributed by atoms with Crippen LogP contribution in [-0.2, 0) is 5.33 Å². The zero-order valence-electron chi connectivity index (χ0n) is 7.58. The highest BCUT2D eigenvalue weighted by molar-refractivity contribution is 9.08. The van der Waals surface area contributed by atoms with Gasteiger partial charge in [-0.2, -0.15) is 0 Å². The molecular formula is C10H9BrOS2. The third-order valence-corrected chi connectivity index (χ3v) is 4.13. The molecule has 14 heavy (non-hydrogen) atoms. The minimum absolute atomic E-state index is 0.865. The molecule has 1 aromatic carbocycles.